The van der Waals surface area contributed by atoms with E-state index in [9.17, 15) is 0 Å². The Hall–Kier alpha value is -2.16. The van der Waals surface area contributed by atoms with Crippen LogP contribution in [0.2, 0.25) is 0 Å². The highest BCUT2D eigenvalue weighted by Gasteiger charge is 2.10. The van der Waals surface area contributed by atoms with Crippen LogP contribution >= 0.6 is 0 Å². The van der Waals surface area contributed by atoms with Gasteiger partial charge in [0, 0.05) is 11.6 Å². The third kappa shape index (κ3) is 2.09. The second-order valence-electron chi connectivity index (χ2n) is 5.63. The molecule has 20 heavy (non-hydrogen) atoms. The Morgan fingerprint density at radius 1 is 1.05 bits per heavy atom. The molecule has 2 heterocycles. The molecule has 0 unspecified atom stereocenters. The monoisotopic (exact) mass is 265 g/mol. The summed E-state index contributed by atoms with van der Waals surface area (Å²) in [6, 6.07) is 10.7. The molecule has 0 aliphatic heterocycles. The van der Waals surface area contributed by atoms with Crippen LogP contribution in [0.3, 0.4) is 0 Å². The number of pyridine rings is 1. The van der Waals surface area contributed by atoms with Gasteiger partial charge in [0.2, 0.25) is 0 Å². The molecule has 3 nitrogen and oxygen atoms in total. The van der Waals surface area contributed by atoms with E-state index >= 15 is 0 Å². The van der Waals surface area contributed by atoms with Crippen molar-refractivity contribution >= 4 is 11.0 Å². The number of fused-ring (bicyclic) bond motifs is 1. The van der Waals surface area contributed by atoms with Crippen molar-refractivity contribution in [1.82, 2.24) is 14.8 Å². The lowest BCUT2D eigenvalue weighted by Crippen LogP contribution is -1.98. The number of nitrogens with zero attached hydrogens (tertiary/aromatic N) is 3. The molecule has 1 aromatic carbocycles. The fraction of sp³-hybridized carbons (Fsp3) is 0.294. The predicted octanol–water partition coefficient (Wildman–Crippen LogP) is 4.16. The maximum Gasteiger partial charge on any atom is 0.163 e. The van der Waals surface area contributed by atoms with Crippen molar-refractivity contribution < 1.29 is 0 Å². The number of benzene rings is 1. The van der Waals surface area contributed by atoms with Gasteiger partial charge < -0.3 is 0 Å². The molecule has 0 N–H and O–H groups in total. The molecule has 3 aromatic rings. The molecular formula is C17H19N3. The molecule has 3 rings (SSSR count). The van der Waals surface area contributed by atoms with Crippen LogP contribution in [0.4, 0.5) is 0 Å². The molecule has 0 aliphatic carbocycles. The summed E-state index contributed by atoms with van der Waals surface area (Å²) in [6.45, 7) is 8.49. The van der Waals surface area contributed by atoms with Gasteiger partial charge in [-0.3, -0.25) is 0 Å². The standard InChI is InChI=1S/C17H19N3/c1-11(2)14-5-7-15(8-6-14)20-17-16(13(4)19-20)9-12(3)10-18-17/h5-11H,1-4H3. The lowest BCUT2D eigenvalue weighted by molar-refractivity contribution is 0.853. The van der Waals surface area contributed by atoms with Gasteiger partial charge in [0.15, 0.2) is 5.65 Å². The molecule has 0 radical (unpaired) electrons. The smallest absolute Gasteiger partial charge is 0.163 e. The first-order chi connectivity index (χ1) is 9.56. The van der Waals surface area contributed by atoms with Crippen molar-refractivity contribution in [2.24, 2.45) is 0 Å². The molecule has 102 valence electrons. The van der Waals surface area contributed by atoms with Crippen LogP contribution in [0.5, 0.6) is 0 Å². The zero-order chi connectivity index (χ0) is 14.3. The van der Waals surface area contributed by atoms with Crippen LogP contribution in [0.1, 0.15) is 36.6 Å². The van der Waals surface area contributed by atoms with E-state index in [2.05, 4.69) is 61.2 Å². The Morgan fingerprint density at radius 3 is 2.40 bits per heavy atom. The van der Waals surface area contributed by atoms with Crippen molar-refractivity contribution in [3.05, 3.63) is 53.3 Å². The van der Waals surface area contributed by atoms with E-state index < -0.39 is 0 Å². The second-order valence-corrected chi connectivity index (χ2v) is 5.63. The summed E-state index contributed by atoms with van der Waals surface area (Å²) in [5, 5.41) is 5.75. The van der Waals surface area contributed by atoms with Gasteiger partial charge in [0.25, 0.3) is 0 Å². The van der Waals surface area contributed by atoms with Gasteiger partial charge in [0.1, 0.15) is 0 Å². The van der Waals surface area contributed by atoms with Gasteiger partial charge >= 0.3 is 0 Å². The average Bonchev–Trinajstić information content (AvgIpc) is 2.76. The Labute approximate surface area is 119 Å². The minimum Gasteiger partial charge on any atom is -0.236 e. The first kappa shape index (κ1) is 12.9. The van der Waals surface area contributed by atoms with Crippen LogP contribution in [0, 0.1) is 13.8 Å². The minimum atomic E-state index is 0.543. The summed E-state index contributed by atoms with van der Waals surface area (Å²) in [5.41, 5.74) is 5.50. The summed E-state index contributed by atoms with van der Waals surface area (Å²) in [4.78, 5) is 4.54. The maximum absolute atomic E-state index is 4.63. The van der Waals surface area contributed by atoms with Gasteiger partial charge in [-0.25, -0.2) is 9.67 Å². The highest BCUT2D eigenvalue weighted by molar-refractivity contribution is 5.80. The number of aryl methyl sites for hydroxylation is 2. The van der Waals surface area contributed by atoms with Gasteiger partial charge in [-0.15, -0.1) is 0 Å². The first-order valence-electron chi connectivity index (χ1n) is 6.98. The topological polar surface area (TPSA) is 30.7 Å². The molecule has 0 atom stereocenters. The Bertz CT molecular complexity index is 752. The molecule has 3 heteroatoms. The second kappa shape index (κ2) is 4.75. The van der Waals surface area contributed by atoms with Gasteiger partial charge in [-0.1, -0.05) is 26.0 Å². The minimum absolute atomic E-state index is 0.543. The van der Waals surface area contributed by atoms with Crippen LogP contribution in [-0.4, -0.2) is 14.8 Å². The van der Waals surface area contributed by atoms with E-state index in [1.54, 1.807) is 0 Å². The SMILES string of the molecule is Cc1cnc2c(c1)c(C)nn2-c1ccc(C(C)C)cc1. The number of hydrogen-bond acceptors (Lipinski definition) is 2. The van der Waals surface area contributed by atoms with Gasteiger partial charge in [-0.05, 0) is 49.1 Å². The van der Waals surface area contributed by atoms with E-state index in [0.717, 1.165) is 28.0 Å². The fourth-order valence-corrected chi connectivity index (χ4v) is 2.43. The molecule has 0 fully saturated rings. The molecular weight excluding hydrogens is 246 g/mol. The van der Waals surface area contributed by atoms with E-state index in [1.807, 2.05) is 17.8 Å². The van der Waals surface area contributed by atoms with Gasteiger partial charge in [0.05, 0.1) is 11.4 Å². The van der Waals surface area contributed by atoms with E-state index in [4.69, 9.17) is 0 Å². The molecule has 0 spiro atoms. The van der Waals surface area contributed by atoms with E-state index in [1.165, 1.54) is 5.56 Å². The summed E-state index contributed by atoms with van der Waals surface area (Å²) in [6.07, 6.45) is 1.89. The summed E-state index contributed by atoms with van der Waals surface area (Å²) in [7, 11) is 0. The lowest BCUT2D eigenvalue weighted by Gasteiger charge is -2.07. The summed E-state index contributed by atoms with van der Waals surface area (Å²) in [5.74, 6) is 0.543. The lowest BCUT2D eigenvalue weighted by atomic mass is 10.0. The number of hydrogen-bond donors (Lipinski definition) is 0. The third-order valence-corrected chi connectivity index (χ3v) is 3.65. The van der Waals surface area contributed by atoms with Crippen LogP contribution in [0.15, 0.2) is 36.5 Å². The molecule has 2 aromatic heterocycles. The third-order valence-electron chi connectivity index (χ3n) is 3.65. The first-order valence-corrected chi connectivity index (χ1v) is 6.98. The normalized spacial score (nSPS) is 11.4. The van der Waals surface area contributed by atoms with Crippen LogP contribution < -0.4 is 0 Å². The van der Waals surface area contributed by atoms with Crippen molar-refractivity contribution in [1.29, 1.82) is 0 Å². The Balaban J connectivity index is 2.14. The Morgan fingerprint density at radius 2 is 1.75 bits per heavy atom. The van der Waals surface area contributed by atoms with E-state index in [-0.39, 0.29) is 0 Å². The highest BCUT2D eigenvalue weighted by atomic mass is 15.3. The van der Waals surface area contributed by atoms with Crippen LogP contribution in [0.25, 0.3) is 16.7 Å². The molecule has 0 saturated carbocycles. The summed E-state index contributed by atoms with van der Waals surface area (Å²) >= 11 is 0. The molecule has 0 aliphatic rings. The van der Waals surface area contributed by atoms with Crippen molar-refractivity contribution in [2.45, 2.75) is 33.6 Å². The number of aromatic nitrogens is 3. The van der Waals surface area contributed by atoms with Crippen molar-refractivity contribution in [2.75, 3.05) is 0 Å². The highest BCUT2D eigenvalue weighted by Crippen LogP contribution is 2.22. The summed E-state index contributed by atoms with van der Waals surface area (Å²) < 4.78 is 1.92. The Kier molecular flexibility index (Phi) is 3.05. The zero-order valence-electron chi connectivity index (χ0n) is 12.4. The van der Waals surface area contributed by atoms with Crippen LogP contribution in [-0.2, 0) is 0 Å². The molecule has 0 saturated heterocycles. The van der Waals surface area contributed by atoms with Crippen molar-refractivity contribution in [3.8, 4) is 5.69 Å². The zero-order valence-corrected chi connectivity index (χ0v) is 12.4. The predicted molar refractivity (Wildman–Crippen MR) is 82.4 cm³/mol. The van der Waals surface area contributed by atoms with E-state index in [0.29, 0.717) is 5.92 Å². The number of rotatable bonds is 2. The quantitative estimate of drug-likeness (QED) is 0.696. The van der Waals surface area contributed by atoms with Crippen molar-refractivity contribution in [3.63, 3.8) is 0 Å². The largest absolute Gasteiger partial charge is 0.236 e. The van der Waals surface area contributed by atoms with Gasteiger partial charge in [-0.2, -0.15) is 5.10 Å². The fourth-order valence-electron chi connectivity index (χ4n) is 2.43. The molecule has 0 bridgehead atoms. The maximum atomic E-state index is 4.63. The molecule has 0 amide bonds. The average molecular weight is 265 g/mol.